The molecule has 3 unspecified atom stereocenters. The Morgan fingerprint density at radius 2 is 1.95 bits per heavy atom. The summed E-state index contributed by atoms with van der Waals surface area (Å²) >= 11 is 1.35. The van der Waals surface area contributed by atoms with Crippen molar-refractivity contribution >= 4 is 11.3 Å². The number of hydrogen-bond acceptors (Lipinski definition) is 4. The van der Waals surface area contributed by atoms with E-state index in [0.717, 1.165) is 24.4 Å². The van der Waals surface area contributed by atoms with Crippen molar-refractivity contribution in [2.45, 2.75) is 64.1 Å². The third kappa shape index (κ3) is 3.94. The highest BCUT2D eigenvalue weighted by Gasteiger charge is 2.47. The van der Waals surface area contributed by atoms with Gasteiger partial charge in [-0.2, -0.15) is 13.2 Å². The first-order valence-electron chi connectivity index (χ1n) is 7.60. The Morgan fingerprint density at radius 1 is 1.24 bits per heavy atom. The second-order valence-corrected chi connectivity index (χ2v) is 6.58. The van der Waals surface area contributed by atoms with E-state index in [4.69, 9.17) is 0 Å². The molecule has 1 aromatic heterocycles. The van der Waals surface area contributed by atoms with E-state index in [0.29, 0.717) is 17.8 Å². The van der Waals surface area contributed by atoms with Crippen molar-refractivity contribution in [1.82, 2.24) is 15.5 Å². The van der Waals surface area contributed by atoms with E-state index in [9.17, 15) is 13.2 Å². The second-order valence-electron chi connectivity index (χ2n) is 5.54. The first-order valence-corrected chi connectivity index (χ1v) is 8.42. The van der Waals surface area contributed by atoms with Crippen LogP contribution < -0.4 is 5.32 Å². The highest BCUT2D eigenvalue weighted by atomic mass is 32.1. The number of halogens is 3. The molecule has 1 aliphatic carbocycles. The van der Waals surface area contributed by atoms with Gasteiger partial charge in [-0.3, -0.25) is 0 Å². The predicted molar refractivity (Wildman–Crippen MR) is 77.4 cm³/mol. The molecule has 0 aromatic carbocycles. The van der Waals surface area contributed by atoms with E-state index in [1.54, 1.807) is 0 Å². The highest BCUT2D eigenvalue weighted by molar-refractivity contribution is 7.11. The van der Waals surface area contributed by atoms with E-state index in [1.165, 1.54) is 11.3 Å². The molecule has 120 valence electrons. The molecular weight excluding hydrogens is 299 g/mol. The van der Waals surface area contributed by atoms with Crippen molar-refractivity contribution in [3.8, 4) is 0 Å². The topological polar surface area (TPSA) is 37.8 Å². The van der Waals surface area contributed by atoms with Gasteiger partial charge in [0.15, 0.2) is 0 Å². The average Bonchev–Trinajstić information content (AvgIpc) is 2.93. The van der Waals surface area contributed by atoms with Gasteiger partial charge in [0, 0.05) is 5.92 Å². The molecule has 1 aromatic rings. The van der Waals surface area contributed by atoms with E-state index in [2.05, 4.69) is 15.5 Å². The standard InChI is InChI=1S/C14H22F3N3S/c1-3-11(18-4-2)13-20-19-12(21-13)9-7-5-6-8-10(9)14(15,16)17/h9-11,18H,3-8H2,1-2H3. The summed E-state index contributed by atoms with van der Waals surface area (Å²) in [7, 11) is 0. The molecule has 21 heavy (non-hydrogen) atoms. The fraction of sp³-hybridized carbons (Fsp3) is 0.857. The molecule has 0 bridgehead atoms. The van der Waals surface area contributed by atoms with Crippen molar-refractivity contribution in [3.63, 3.8) is 0 Å². The lowest BCUT2D eigenvalue weighted by Crippen LogP contribution is -2.31. The molecule has 2 rings (SSSR count). The Hall–Kier alpha value is -0.690. The number of hydrogen-bond donors (Lipinski definition) is 1. The van der Waals surface area contributed by atoms with Gasteiger partial charge < -0.3 is 5.32 Å². The third-order valence-corrected chi connectivity index (χ3v) is 5.29. The Bertz CT molecular complexity index is 447. The summed E-state index contributed by atoms with van der Waals surface area (Å²) in [5.41, 5.74) is 0. The largest absolute Gasteiger partial charge is 0.392 e. The van der Waals surface area contributed by atoms with Gasteiger partial charge in [0.05, 0.1) is 12.0 Å². The van der Waals surface area contributed by atoms with Gasteiger partial charge in [0.2, 0.25) is 0 Å². The molecule has 1 saturated carbocycles. The molecule has 0 saturated heterocycles. The summed E-state index contributed by atoms with van der Waals surface area (Å²) in [5.74, 6) is -1.77. The Balaban J connectivity index is 2.18. The molecule has 1 aliphatic rings. The van der Waals surface area contributed by atoms with Gasteiger partial charge in [0.25, 0.3) is 0 Å². The number of nitrogens with zero attached hydrogens (tertiary/aromatic N) is 2. The average molecular weight is 321 g/mol. The van der Waals surface area contributed by atoms with E-state index in [1.807, 2.05) is 13.8 Å². The van der Waals surface area contributed by atoms with Crippen LogP contribution in [0.25, 0.3) is 0 Å². The van der Waals surface area contributed by atoms with Gasteiger partial charge in [-0.15, -0.1) is 10.2 Å². The summed E-state index contributed by atoms with van der Waals surface area (Å²) in [6, 6.07) is 0.0918. The second kappa shape index (κ2) is 7.05. The first kappa shape index (κ1) is 16.7. The summed E-state index contributed by atoms with van der Waals surface area (Å²) in [4.78, 5) is 0. The Morgan fingerprint density at radius 3 is 2.57 bits per heavy atom. The fourth-order valence-corrected chi connectivity index (χ4v) is 4.21. The zero-order valence-electron chi connectivity index (χ0n) is 12.4. The number of nitrogens with one attached hydrogen (secondary N) is 1. The lowest BCUT2D eigenvalue weighted by molar-refractivity contribution is -0.187. The molecule has 7 heteroatoms. The lowest BCUT2D eigenvalue weighted by Gasteiger charge is -2.31. The number of rotatable bonds is 5. The van der Waals surface area contributed by atoms with E-state index >= 15 is 0 Å². The highest BCUT2D eigenvalue weighted by Crippen LogP contribution is 2.47. The van der Waals surface area contributed by atoms with Crippen LogP contribution in [0.1, 0.15) is 67.9 Å². The molecule has 3 atom stereocenters. The van der Waals surface area contributed by atoms with Crippen LogP contribution in [0.15, 0.2) is 0 Å². The molecule has 1 N–H and O–H groups in total. The molecule has 0 spiro atoms. The van der Waals surface area contributed by atoms with Crippen molar-refractivity contribution in [2.24, 2.45) is 5.92 Å². The van der Waals surface area contributed by atoms with Crippen LogP contribution in [0.5, 0.6) is 0 Å². The molecule has 3 nitrogen and oxygen atoms in total. The molecular formula is C14H22F3N3S. The van der Waals surface area contributed by atoms with Crippen molar-refractivity contribution in [3.05, 3.63) is 10.0 Å². The molecule has 1 heterocycles. The minimum Gasteiger partial charge on any atom is -0.308 e. The molecule has 0 radical (unpaired) electrons. The van der Waals surface area contributed by atoms with Crippen LogP contribution in [0.3, 0.4) is 0 Å². The maximum Gasteiger partial charge on any atom is 0.392 e. The SMILES string of the molecule is CCNC(CC)c1nnc(C2CCCCC2C(F)(F)F)s1. The van der Waals surface area contributed by atoms with Crippen LogP contribution >= 0.6 is 11.3 Å². The van der Waals surface area contributed by atoms with Crippen LogP contribution in [0, 0.1) is 5.92 Å². The van der Waals surface area contributed by atoms with E-state index in [-0.39, 0.29) is 12.5 Å². The molecule has 0 amide bonds. The van der Waals surface area contributed by atoms with Gasteiger partial charge in [-0.1, -0.05) is 38.0 Å². The minimum absolute atomic E-state index is 0.0918. The normalized spacial score (nSPS) is 25.0. The summed E-state index contributed by atoms with van der Waals surface area (Å²) < 4.78 is 39.5. The lowest BCUT2D eigenvalue weighted by atomic mass is 9.79. The third-order valence-electron chi connectivity index (χ3n) is 4.12. The first-order chi connectivity index (χ1) is 9.97. The van der Waals surface area contributed by atoms with Crippen molar-refractivity contribution in [2.75, 3.05) is 6.54 Å². The maximum atomic E-state index is 13.2. The Kier molecular flexibility index (Phi) is 5.60. The number of aromatic nitrogens is 2. The monoisotopic (exact) mass is 321 g/mol. The van der Waals surface area contributed by atoms with Crippen molar-refractivity contribution < 1.29 is 13.2 Å². The summed E-state index contributed by atoms with van der Waals surface area (Å²) in [6.45, 7) is 4.85. The van der Waals surface area contributed by atoms with Gasteiger partial charge in [-0.25, -0.2) is 0 Å². The van der Waals surface area contributed by atoms with Gasteiger partial charge in [-0.05, 0) is 25.8 Å². The van der Waals surface area contributed by atoms with Crippen LogP contribution in [-0.4, -0.2) is 22.9 Å². The summed E-state index contributed by atoms with van der Waals surface area (Å²) in [6.07, 6.45) is -0.999. The molecule has 0 aliphatic heterocycles. The predicted octanol–water partition coefficient (Wildman–Crippen LogP) is 4.43. The smallest absolute Gasteiger partial charge is 0.308 e. The zero-order valence-corrected chi connectivity index (χ0v) is 13.2. The van der Waals surface area contributed by atoms with Crippen LogP contribution in [0.2, 0.25) is 0 Å². The minimum atomic E-state index is -4.14. The van der Waals surface area contributed by atoms with E-state index < -0.39 is 18.0 Å². The molecule has 1 fully saturated rings. The van der Waals surface area contributed by atoms with Gasteiger partial charge in [0.1, 0.15) is 10.0 Å². The van der Waals surface area contributed by atoms with Crippen molar-refractivity contribution in [1.29, 1.82) is 0 Å². The maximum absolute atomic E-state index is 13.2. The zero-order chi connectivity index (χ0) is 15.5. The van der Waals surface area contributed by atoms with Gasteiger partial charge >= 0.3 is 6.18 Å². The quantitative estimate of drug-likeness (QED) is 0.871. The fourth-order valence-electron chi connectivity index (χ4n) is 3.01. The van der Waals surface area contributed by atoms with Crippen LogP contribution in [-0.2, 0) is 0 Å². The Labute approximate surface area is 127 Å². The van der Waals surface area contributed by atoms with Crippen LogP contribution in [0.4, 0.5) is 13.2 Å². The number of alkyl halides is 3. The summed E-state index contributed by atoms with van der Waals surface area (Å²) in [5, 5.41) is 12.9.